The van der Waals surface area contributed by atoms with Crippen LogP contribution in [0, 0.1) is 5.82 Å². The molecule has 0 saturated heterocycles. The Morgan fingerprint density at radius 2 is 2.04 bits per heavy atom. The minimum absolute atomic E-state index is 0.166. The molecule has 1 aliphatic heterocycles. The van der Waals surface area contributed by atoms with Crippen LogP contribution < -0.4 is 9.64 Å². The predicted molar refractivity (Wildman–Crippen MR) is 89.1 cm³/mol. The fourth-order valence-corrected chi connectivity index (χ4v) is 2.83. The molecular formula is C19H15FN2O3. The quantitative estimate of drug-likeness (QED) is 0.729. The number of amides is 1. The van der Waals surface area contributed by atoms with E-state index in [9.17, 15) is 9.18 Å². The summed E-state index contributed by atoms with van der Waals surface area (Å²) >= 11 is 0. The van der Waals surface area contributed by atoms with Crippen LogP contribution in [0.5, 0.6) is 5.75 Å². The number of benzene rings is 1. The van der Waals surface area contributed by atoms with Crippen LogP contribution in [0.25, 0.3) is 0 Å². The maximum Gasteiger partial charge on any atom is 0.293 e. The second-order valence-electron chi connectivity index (χ2n) is 5.72. The number of hydrogen-bond acceptors (Lipinski definition) is 4. The van der Waals surface area contributed by atoms with E-state index in [0.717, 1.165) is 17.7 Å². The molecule has 0 spiro atoms. The summed E-state index contributed by atoms with van der Waals surface area (Å²) in [6.07, 6.45) is 4.25. The van der Waals surface area contributed by atoms with Gasteiger partial charge in [-0.1, -0.05) is 0 Å². The number of ether oxygens (including phenoxy) is 1. The Labute approximate surface area is 143 Å². The number of carbonyl (C=O) groups is 1. The highest BCUT2D eigenvalue weighted by atomic mass is 19.1. The van der Waals surface area contributed by atoms with Crippen molar-refractivity contribution in [3.05, 3.63) is 77.8 Å². The minimum atomic E-state index is -0.320. The molecule has 1 aliphatic rings. The van der Waals surface area contributed by atoms with Crippen molar-refractivity contribution >= 4 is 11.6 Å². The molecule has 0 atom stereocenters. The Kier molecular flexibility index (Phi) is 3.93. The minimum Gasteiger partial charge on any atom is -0.486 e. The van der Waals surface area contributed by atoms with Crippen LogP contribution in [-0.4, -0.2) is 17.4 Å². The van der Waals surface area contributed by atoms with Crippen molar-refractivity contribution in [2.75, 3.05) is 11.4 Å². The van der Waals surface area contributed by atoms with Gasteiger partial charge in [-0.05, 0) is 54.4 Å². The molecule has 0 aliphatic carbocycles. The molecule has 126 valence electrons. The Morgan fingerprint density at radius 3 is 2.88 bits per heavy atom. The van der Waals surface area contributed by atoms with Crippen LogP contribution >= 0.6 is 0 Å². The van der Waals surface area contributed by atoms with Gasteiger partial charge in [0, 0.05) is 18.9 Å². The fourth-order valence-electron chi connectivity index (χ4n) is 2.83. The zero-order valence-electron chi connectivity index (χ0n) is 13.3. The number of fused-ring (bicyclic) bond motifs is 1. The summed E-state index contributed by atoms with van der Waals surface area (Å²) in [5.74, 6) is 0.827. The third-order valence-electron chi connectivity index (χ3n) is 4.09. The number of nitrogens with zero attached hydrogens (tertiary/aromatic N) is 2. The van der Waals surface area contributed by atoms with Gasteiger partial charge in [0.2, 0.25) is 0 Å². The van der Waals surface area contributed by atoms with Crippen LogP contribution in [0.15, 0.2) is 59.3 Å². The summed E-state index contributed by atoms with van der Waals surface area (Å²) in [6.45, 7) is 0.779. The van der Waals surface area contributed by atoms with Gasteiger partial charge in [0.1, 0.15) is 23.9 Å². The van der Waals surface area contributed by atoms with Crippen molar-refractivity contribution in [1.82, 2.24) is 4.98 Å². The van der Waals surface area contributed by atoms with Crippen LogP contribution in [0.4, 0.5) is 10.1 Å². The highest BCUT2D eigenvalue weighted by Gasteiger charge is 2.27. The Balaban J connectivity index is 1.44. The van der Waals surface area contributed by atoms with E-state index in [2.05, 4.69) is 4.98 Å². The van der Waals surface area contributed by atoms with Crippen LogP contribution in [0.2, 0.25) is 0 Å². The average molecular weight is 338 g/mol. The number of hydrogen-bond donors (Lipinski definition) is 0. The predicted octanol–water partition coefficient (Wildman–Crippen LogP) is 3.60. The number of pyridine rings is 1. The van der Waals surface area contributed by atoms with Crippen molar-refractivity contribution in [2.45, 2.75) is 13.0 Å². The van der Waals surface area contributed by atoms with Gasteiger partial charge in [-0.3, -0.25) is 9.78 Å². The van der Waals surface area contributed by atoms with Crippen molar-refractivity contribution < 1.29 is 18.3 Å². The normalized spacial score (nSPS) is 12.9. The summed E-state index contributed by atoms with van der Waals surface area (Å²) in [5.41, 5.74) is 1.93. The molecule has 0 N–H and O–H groups in total. The van der Waals surface area contributed by atoms with Gasteiger partial charge in [-0.2, -0.15) is 0 Å². The molecule has 3 aromatic rings. The molecule has 25 heavy (non-hydrogen) atoms. The third-order valence-corrected chi connectivity index (χ3v) is 4.09. The van der Waals surface area contributed by atoms with E-state index in [4.69, 9.17) is 9.15 Å². The van der Waals surface area contributed by atoms with Crippen molar-refractivity contribution in [3.8, 4) is 5.75 Å². The Bertz CT molecular complexity index is 905. The number of aromatic nitrogens is 1. The van der Waals surface area contributed by atoms with E-state index >= 15 is 0 Å². The molecule has 0 saturated carbocycles. The molecule has 5 nitrogen and oxygen atoms in total. The summed E-state index contributed by atoms with van der Waals surface area (Å²) in [7, 11) is 0. The monoisotopic (exact) mass is 338 g/mol. The second-order valence-corrected chi connectivity index (χ2v) is 5.72. The number of carbonyl (C=O) groups excluding carboxylic acids is 1. The standard InChI is InChI=1S/C19H15FN2O3/c20-14-1-3-15(4-2-14)24-12-16-5-6-18(25-16)19(23)22-10-8-13-11-21-9-7-17(13)22/h1-7,9,11H,8,10,12H2. The summed E-state index contributed by atoms with van der Waals surface area (Å²) in [6, 6.07) is 10.9. The molecule has 0 bridgehead atoms. The number of halogens is 1. The molecule has 0 radical (unpaired) electrons. The number of furan rings is 1. The first-order valence-corrected chi connectivity index (χ1v) is 7.92. The van der Waals surface area contributed by atoms with Gasteiger partial charge in [0.05, 0.1) is 5.69 Å². The van der Waals surface area contributed by atoms with Crippen LogP contribution in [0.3, 0.4) is 0 Å². The van der Waals surface area contributed by atoms with E-state index < -0.39 is 0 Å². The number of anilines is 1. The van der Waals surface area contributed by atoms with E-state index in [1.807, 2.05) is 6.07 Å². The highest BCUT2D eigenvalue weighted by molar-refractivity contribution is 6.05. The largest absolute Gasteiger partial charge is 0.486 e. The van der Waals surface area contributed by atoms with Gasteiger partial charge in [-0.15, -0.1) is 0 Å². The second kappa shape index (κ2) is 6.39. The van der Waals surface area contributed by atoms with E-state index in [0.29, 0.717) is 18.1 Å². The van der Waals surface area contributed by atoms with Crippen molar-refractivity contribution in [2.24, 2.45) is 0 Å². The molecule has 0 fully saturated rings. The van der Waals surface area contributed by atoms with E-state index in [1.165, 1.54) is 12.1 Å². The summed E-state index contributed by atoms with van der Waals surface area (Å²) in [5, 5.41) is 0. The summed E-state index contributed by atoms with van der Waals surface area (Å²) in [4.78, 5) is 18.4. The molecule has 3 heterocycles. The first kappa shape index (κ1) is 15.4. The maximum absolute atomic E-state index is 12.9. The van der Waals surface area contributed by atoms with Crippen LogP contribution in [0.1, 0.15) is 21.9 Å². The zero-order chi connectivity index (χ0) is 17.2. The van der Waals surface area contributed by atoms with Gasteiger partial charge in [0.15, 0.2) is 5.76 Å². The molecule has 0 unspecified atom stereocenters. The molecule has 4 rings (SSSR count). The lowest BCUT2D eigenvalue weighted by Gasteiger charge is -2.15. The van der Waals surface area contributed by atoms with Crippen molar-refractivity contribution in [3.63, 3.8) is 0 Å². The Morgan fingerprint density at radius 1 is 1.20 bits per heavy atom. The Hall–Kier alpha value is -3.15. The topological polar surface area (TPSA) is 55.6 Å². The maximum atomic E-state index is 12.9. The highest BCUT2D eigenvalue weighted by Crippen LogP contribution is 2.28. The van der Waals surface area contributed by atoms with E-state index in [-0.39, 0.29) is 24.1 Å². The van der Waals surface area contributed by atoms with Crippen LogP contribution in [-0.2, 0) is 13.0 Å². The smallest absolute Gasteiger partial charge is 0.293 e. The molecular weight excluding hydrogens is 323 g/mol. The first-order chi connectivity index (χ1) is 12.2. The van der Waals surface area contributed by atoms with Gasteiger partial charge < -0.3 is 14.1 Å². The number of rotatable bonds is 4. The zero-order valence-corrected chi connectivity index (χ0v) is 13.3. The first-order valence-electron chi connectivity index (χ1n) is 7.92. The average Bonchev–Trinajstić information content (AvgIpc) is 3.28. The lowest BCUT2D eigenvalue weighted by Crippen LogP contribution is -2.28. The lowest BCUT2D eigenvalue weighted by atomic mass is 10.2. The molecule has 1 aromatic carbocycles. The summed E-state index contributed by atoms with van der Waals surface area (Å²) < 4.78 is 24.0. The molecule has 2 aromatic heterocycles. The fraction of sp³-hybridized carbons (Fsp3) is 0.158. The SMILES string of the molecule is O=C(c1ccc(COc2ccc(F)cc2)o1)N1CCc2cnccc21. The van der Waals surface area contributed by atoms with Gasteiger partial charge >= 0.3 is 0 Å². The van der Waals surface area contributed by atoms with Crippen molar-refractivity contribution in [1.29, 1.82) is 0 Å². The lowest BCUT2D eigenvalue weighted by molar-refractivity contribution is 0.0958. The van der Waals surface area contributed by atoms with E-state index in [1.54, 1.807) is 41.6 Å². The third kappa shape index (κ3) is 3.10. The molecule has 6 heteroatoms. The molecule has 1 amide bonds. The van der Waals surface area contributed by atoms with Gasteiger partial charge in [0.25, 0.3) is 5.91 Å². The van der Waals surface area contributed by atoms with Gasteiger partial charge in [-0.25, -0.2) is 4.39 Å².